The maximum absolute atomic E-state index is 12.3. The van der Waals surface area contributed by atoms with E-state index in [-0.39, 0.29) is 18.4 Å². The van der Waals surface area contributed by atoms with Crippen molar-refractivity contribution in [3.63, 3.8) is 0 Å². The Morgan fingerprint density at radius 2 is 0.559 bits per heavy atom. The quantitative estimate of drug-likeness (QED) is 0.0362. The van der Waals surface area contributed by atoms with Crippen LogP contribution in [0.2, 0.25) is 0 Å². The molecule has 0 saturated carbocycles. The Morgan fingerprint density at radius 3 is 0.838 bits per heavy atom. The highest BCUT2D eigenvalue weighted by Crippen LogP contribution is 2.16. The zero-order chi connectivity index (χ0) is 49.5. The molecule has 0 rings (SSSR count). The van der Waals surface area contributed by atoms with Gasteiger partial charge in [0.05, 0.1) is 54.9 Å². The molecule has 0 aromatic carbocycles. The number of quaternary nitrogens is 2. The first-order valence-corrected chi connectivity index (χ1v) is 30.8. The summed E-state index contributed by atoms with van der Waals surface area (Å²) in [5, 5.41) is 7.21. The lowest BCUT2D eigenvalue weighted by molar-refractivity contribution is -0.883. The van der Waals surface area contributed by atoms with Crippen molar-refractivity contribution in [2.24, 2.45) is 0 Å². The van der Waals surface area contributed by atoms with Crippen molar-refractivity contribution < 1.29 is 18.5 Å². The van der Waals surface area contributed by atoms with Crippen molar-refractivity contribution in [2.75, 3.05) is 87.7 Å². The van der Waals surface area contributed by atoms with E-state index in [1.165, 1.54) is 289 Å². The zero-order valence-electron chi connectivity index (χ0n) is 48.4. The second-order valence-corrected chi connectivity index (χ2v) is 23.0. The fourth-order valence-corrected chi connectivity index (χ4v) is 9.41. The molecule has 0 aliphatic carbocycles. The van der Waals surface area contributed by atoms with Crippen LogP contribution in [0.25, 0.3) is 0 Å². The number of carbonyl (C=O) groups excluding carboxylic acids is 1. The lowest BCUT2D eigenvalue weighted by Gasteiger charge is -2.28. The van der Waals surface area contributed by atoms with Crippen molar-refractivity contribution in [1.29, 1.82) is 0 Å². The van der Waals surface area contributed by atoms with Gasteiger partial charge < -0.3 is 24.3 Å². The summed E-state index contributed by atoms with van der Waals surface area (Å²) in [6, 6.07) is 0. The van der Waals surface area contributed by atoms with Gasteiger partial charge in [-0.2, -0.15) is 0 Å². The van der Waals surface area contributed by atoms with Crippen molar-refractivity contribution in [1.82, 2.24) is 10.6 Å². The van der Waals surface area contributed by atoms with Crippen LogP contribution in [0.15, 0.2) is 0 Å². The van der Waals surface area contributed by atoms with Crippen LogP contribution in [0.3, 0.4) is 0 Å². The molecule has 0 unspecified atom stereocenters. The van der Waals surface area contributed by atoms with E-state index < -0.39 is 0 Å². The summed E-state index contributed by atoms with van der Waals surface area (Å²) in [5.74, 6) is -0.0331. The topological polar surface area (TPSA) is 50.4 Å². The molecule has 0 aromatic rings. The maximum Gasteiger partial charge on any atom is 0.361 e. The Balaban J connectivity index is -0.00000143. The number of nitrogens with one attached hydrogen (secondary N) is 2. The number of ether oxygens (including phenoxy) is 1. The molecule has 0 atom stereocenters. The molecule has 2 N–H and O–H groups in total. The number of unbranched alkanes of at least 4 members (excludes halogenated alkanes) is 39. The predicted octanol–water partition coefficient (Wildman–Crippen LogP) is 18.1. The van der Waals surface area contributed by atoms with Crippen LogP contribution >= 0.6 is 12.4 Å². The molecular formula is C61H131ClN4O2+2. The Hall–Kier alpha value is -0.400. The van der Waals surface area contributed by atoms with Crippen LogP contribution < -0.4 is 10.6 Å². The fourth-order valence-electron chi connectivity index (χ4n) is 9.41. The van der Waals surface area contributed by atoms with Crippen LogP contribution in [0, 0.1) is 0 Å². The molecule has 412 valence electrons. The third-order valence-electron chi connectivity index (χ3n) is 14.0. The van der Waals surface area contributed by atoms with Gasteiger partial charge in [-0.25, -0.2) is 4.79 Å². The molecule has 0 aliphatic heterocycles. The van der Waals surface area contributed by atoms with Gasteiger partial charge in [-0.3, -0.25) is 0 Å². The molecule has 68 heavy (non-hydrogen) atoms. The Bertz CT molecular complexity index is 928. The lowest BCUT2D eigenvalue weighted by Crippen LogP contribution is -2.45. The Morgan fingerprint density at radius 1 is 0.324 bits per heavy atom. The van der Waals surface area contributed by atoms with Crippen molar-refractivity contribution in [2.45, 2.75) is 303 Å². The fraction of sp³-hybridized carbons (Fsp3) is 0.984. The maximum atomic E-state index is 12.3. The van der Waals surface area contributed by atoms with Crippen LogP contribution in [0.4, 0.5) is 0 Å². The minimum absolute atomic E-state index is 0. The smallest absolute Gasteiger partial charge is 0.361 e. The number of halogens is 1. The van der Waals surface area contributed by atoms with E-state index in [2.05, 4.69) is 66.6 Å². The molecule has 0 aromatic heterocycles. The molecule has 0 bridgehead atoms. The van der Waals surface area contributed by atoms with E-state index >= 15 is 0 Å². The third-order valence-corrected chi connectivity index (χ3v) is 14.0. The predicted molar refractivity (Wildman–Crippen MR) is 309 cm³/mol. The molecule has 0 aliphatic rings. The molecule has 6 nitrogen and oxygen atoms in total. The first-order valence-electron chi connectivity index (χ1n) is 30.8. The second-order valence-electron chi connectivity index (χ2n) is 23.0. The molecule has 0 spiro atoms. The average molecular weight is 988 g/mol. The number of nitrogens with zero attached hydrogens (tertiary/aromatic N) is 2. The SMILES string of the molecule is CCCCCCCCCCCCCCCCCCNCCC[N+](C)(C)CC(=O)OCCCCCCCCCCCCCC.CCCCCCCCCCCCCCCCNCCC[N+](C)(C)C.Cl. The van der Waals surface area contributed by atoms with Crippen molar-refractivity contribution in [3.05, 3.63) is 0 Å². The molecule has 7 heteroatoms. The molecule has 0 fully saturated rings. The van der Waals surface area contributed by atoms with E-state index in [0.29, 0.717) is 13.2 Å². The van der Waals surface area contributed by atoms with E-state index in [1.807, 2.05) is 0 Å². The van der Waals surface area contributed by atoms with Gasteiger partial charge in [0.15, 0.2) is 6.54 Å². The summed E-state index contributed by atoms with van der Waals surface area (Å²) in [5.41, 5.74) is 0. The zero-order valence-corrected chi connectivity index (χ0v) is 49.2. The summed E-state index contributed by atoms with van der Waals surface area (Å²) in [6.07, 6.45) is 61.4. The van der Waals surface area contributed by atoms with Crippen molar-refractivity contribution >= 4 is 18.4 Å². The largest absolute Gasteiger partial charge is 0.462 e. The summed E-state index contributed by atoms with van der Waals surface area (Å²) < 4.78 is 7.35. The highest BCUT2D eigenvalue weighted by molar-refractivity contribution is 5.85. The van der Waals surface area contributed by atoms with Gasteiger partial charge in [0.1, 0.15) is 0 Å². The number of rotatable bonds is 55. The van der Waals surface area contributed by atoms with Gasteiger partial charge in [0.2, 0.25) is 0 Å². The highest BCUT2D eigenvalue weighted by Gasteiger charge is 2.20. The normalized spacial score (nSPS) is 11.7. The van der Waals surface area contributed by atoms with Crippen LogP contribution in [0.1, 0.15) is 303 Å². The summed E-state index contributed by atoms with van der Waals surface area (Å²) in [4.78, 5) is 12.3. The standard InChI is InChI=1S/C39H81N2O2.C22H49N2.ClH/c1-5-7-9-11-13-15-17-19-20-21-22-23-25-27-29-31-34-40-35-33-36-41(3,4)38-39(42)43-37-32-30-28-26-24-18-16-14-12-10-8-6-2;1-5-6-7-8-9-10-11-12-13-14-15-16-17-18-20-23-21-19-22-24(2,3)4;/h40H,5-38H2,1-4H3;23H,5-22H2,1-4H3;1H/q2*+1;. The molecule has 0 radical (unpaired) electrons. The lowest BCUT2D eigenvalue weighted by atomic mass is 10.0. The van der Waals surface area contributed by atoms with Crippen LogP contribution in [-0.2, 0) is 9.53 Å². The number of hydrogen-bond acceptors (Lipinski definition) is 4. The molecular weight excluding hydrogens is 856 g/mol. The van der Waals surface area contributed by atoms with Crippen LogP contribution in [0.5, 0.6) is 0 Å². The third kappa shape index (κ3) is 67.7. The minimum atomic E-state index is -0.0331. The number of hydrogen-bond donors (Lipinski definition) is 2. The van der Waals surface area contributed by atoms with Gasteiger partial charge >= 0.3 is 5.97 Å². The van der Waals surface area contributed by atoms with E-state index in [0.717, 1.165) is 41.4 Å². The van der Waals surface area contributed by atoms with E-state index in [1.54, 1.807) is 0 Å². The number of esters is 1. The van der Waals surface area contributed by atoms with E-state index in [9.17, 15) is 4.79 Å². The Kier molecular flexibility index (Phi) is 62.5. The first kappa shape index (κ1) is 71.9. The summed E-state index contributed by atoms with van der Waals surface area (Å²) in [7, 11) is 11.1. The number of likely N-dealkylation sites (N-methyl/N-ethyl adjacent to an activating group) is 1. The molecule has 0 saturated heterocycles. The average Bonchev–Trinajstić information content (AvgIpc) is 3.29. The molecule has 0 heterocycles. The Labute approximate surface area is 436 Å². The van der Waals surface area contributed by atoms with Gasteiger partial charge in [-0.1, -0.05) is 271 Å². The van der Waals surface area contributed by atoms with Gasteiger partial charge in [0, 0.05) is 25.9 Å². The monoisotopic (exact) mass is 987 g/mol. The molecule has 0 amide bonds. The first-order chi connectivity index (χ1) is 32.6. The highest BCUT2D eigenvalue weighted by atomic mass is 35.5. The summed E-state index contributed by atoms with van der Waals surface area (Å²) >= 11 is 0. The van der Waals surface area contributed by atoms with Gasteiger partial charge in [0.25, 0.3) is 0 Å². The van der Waals surface area contributed by atoms with Gasteiger partial charge in [-0.15, -0.1) is 12.4 Å². The van der Waals surface area contributed by atoms with E-state index in [4.69, 9.17) is 4.74 Å². The second kappa shape index (κ2) is 59.2. The van der Waals surface area contributed by atoms with Gasteiger partial charge in [-0.05, 0) is 32.4 Å². The number of carbonyl (C=O) groups is 1. The van der Waals surface area contributed by atoms with Crippen molar-refractivity contribution in [3.8, 4) is 0 Å². The van der Waals surface area contributed by atoms with Crippen LogP contribution in [-0.4, -0.2) is 103 Å². The summed E-state index contributed by atoms with van der Waals surface area (Å²) in [6.45, 7) is 14.8. The minimum Gasteiger partial charge on any atom is -0.462 e.